The van der Waals surface area contributed by atoms with E-state index in [1.807, 2.05) is 23.6 Å². The summed E-state index contributed by atoms with van der Waals surface area (Å²) in [5, 5.41) is 7.39. The van der Waals surface area contributed by atoms with Crippen LogP contribution in [0.1, 0.15) is 52.0 Å². The highest BCUT2D eigenvalue weighted by Gasteiger charge is 2.21. The summed E-state index contributed by atoms with van der Waals surface area (Å²) >= 11 is 1.53. The third-order valence-electron chi connectivity index (χ3n) is 4.76. The number of amides is 3. The van der Waals surface area contributed by atoms with E-state index in [1.54, 1.807) is 53.7 Å². The summed E-state index contributed by atoms with van der Waals surface area (Å²) in [6, 6.07) is 11.9. The number of hydrogen-bond acceptors (Lipinski definition) is 8. The number of rotatable bonds is 5. The van der Waals surface area contributed by atoms with Gasteiger partial charge in [-0.15, -0.1) is 15.7 Å². The third kappa shape index (κ3) is 8.89. The topological polar surface area (TPSA) is 136 Å². The van der Waals surface area contributed by atoms with Gasteiger partial charge in [0, 0.05) is 17.3 Å². The normalized spacial score (nSPS) is 13.1. The molecule has 1 unspecified atom stereocenters. The standard InChI is InChI=1S/C27H32N4O6S2/c1-26(2,3)36-24(33)30-19-12-10-17(22-9-8-14-38-22)15-21(19)29-23(32)20-13-11-18(16-28-20)39(7,35)31-25(34)37-27(4,5)6/h8-16H,1-7H3,(H,29,32)(H,30,33). The van der Waals surface area contributed by atoms with Crippen molar-refractivity contribution in [2.45, 2.75) is 57.6 Å². The molecule has 208 valence electrons. The molecule has 0 aliphatic heterocycles. The van der Waals surface area contributed by atoms with Crippen LogP contribution in [0.15, 0.2) is 63.3 Å². The monoisotopic (exact) mass is 572 g/mol. The molecule has 0 aliphatic carbocycles. The largest absolute Gasteiger partial charge is 0.444 e. The number of benzene rings is 1. The molecule has 0 fully saturated rings. The summed E-state index contributed by atoms with van der Waals surface area (Å²) in [5.74, 6) is -0.566. The molecule has 3 rings (SSSR count). The molecular formula is C27H32N4O6S2. The Bertz CT molecular complexity index is 1480. The highest BCUT2D eigenvalue weighted by Crippen LogP contribution is 2.32. The third-order valence-corrected chi connectivity index (χ3v) is 7.29. The summed E-state index contributed by atoms with van der Waals surface area (Å²) in [7, 11) is -3.15. The molecule has 1 atom stereocenters. The number of carbonyl (C=O) groups is 3. The Morgan fingerprint density at radius 3 is 2.18 bits per heavy atom. The van der Waals surface area contributed by atoms with E-state index >= 15 is 0 Å². The average Bonchev–Trinajstić information content (AvgIpc) is 3.32. The highest BCUT2D eigenvalue weighted by molar-refractivity contribution is 7.93. The fourth-order valence-electron chi connectivity index (χ4n) is 3.17. The molecule has 3 aromatic rings. The second-order valence-electron chi connectivity index (χ2n) is 10.6. The van der Waals surface area contributed by atoms with Gasteiger partial charge in [-0.1, -0.05) is 12.1 Å². The lowest BCUT2D eigenvalue weighted by Crippen LogP contribution is -2.27. The van der Waals surface area contributed by atoms with Gasteiger partial charge in [0.15, 0.2) is 0 Å². The molecule has 2 aromatic heterocycles. The van der Waals surface area contributed by atoms with Crippen molar-refractivity contribution in [1.82, 2.24) is 4.98 Å². The number of anilines is 2. The molecule has 0 bridgehead atoms. The molecule has 3 amide bonds. The molecule has 39 heavy (non-hydrogen) atoms. The predicted octanol–water partition coefficient (Wildman–Crippen LogP) is 6.80. The van der Waals surface area contributed by atoms with Gasteiger partial charge in [-0.25, -0.2) is 18.8 Å². The van der Waals surface area contributed by atoms with Crippen LogP contribution in [0, 0.1) is 0 Å². The Morgan fingerprint density at radius 1 is 0.923 bits per heavy atom. The lowest BCUT2D eigenvalue weighted by atomic mass is 10.1. The SMILES string of the molecule is CC(C)(C)OC(=O)N=S(C)(=O)c1ccc(C(=O)Nc2cc(-c3cccs3)ccc2NC(=O)OC(C)(C)C)nc1. The van der Waals surface area contributed by atoms with Gasteiger partial charge >= 0.3 is 12.2 Å². The maximum absolute atomic E-state index is 13.1. The number of nitrogens with zero attached hydrogens (tertiary/aromatic N) is 2. The van der Waals surface area contributed by atoms with E-state index in [4.69, 9.17) is 9.47 Å². The summed E-state index contributed by atoms with van der Waals surface area (Å²) in [4.78, 5) is 42.8. The van der Waals surface area contributed by atoms with Gasteiger partial charge in [0.25, 0.3) is 5.91 Å². The zero-order chi connectivity index (χ0) is 29.0. The van der Waals surface area contributed by atoms with Gasteiger partial charge < -0.3 is 14.8 Å². The van der Waals surface area contributed by atoms with E-state index in [1.165, 1.54) is 35.9 Å². The van der Waals surface area contributed by atoms with Gasteiger partial charge in [-0.3, -0.25) is 10.1 Å². The van der Waals surface area contributed by atoms with Crippen molar-refractivity contribution in [3.8, 4) is 10.4 Å². The molecule has 1 aromatic carbocycles. The number of carbonyl (C=O) groups excluding carboxylic acids is 3. The first kappa shape index (κ1) is 29.8. The lowest BCUT2D eigenvalue weighted by Gasteiger charge is -2.21. The summed E-state index contributed by atoms with van der Waals surface area (Å²) < 4.78 is 27.1. The van der Waals surface area contributed by atoms with Crippen molar-refractivity contribution < 1.29 is 28.1 Å². The van der Waals surface area contributed by atoms with Crippen LogP contribution in [0.25, 0.3) is 10.4 Å². The maximum atomic E-state index is 13.1. The van der Waals surface area contributed by atoms with Gasteiger partial charge in [-0.2, -0.15) is 0 Å². The molecule has 0 saturated carbocycles. The highest BCUT2D eigenvalue weighted by atomic mass is 32.2. The molecule has 0 saturated heterocycles. The maximum Gasteiger partial charge on any atom is 0.442 e. The van der Waals surface area contributed by atoms with Crippen molar-refractivity contribution in [3.05, 3.63) is 59.7 Å². The summed E-state index contributed by atoms with van der Waals surface area (Å²) in [5.41, 5.74) is 0.0472. The minimum Gasteiger partial charge on any atom is -0.444 e. The zero-order valence-electron chi connectivity index (χ0n) is 22.9. The molecule has 2 N–H and O–H groups in total. The number of ether oxygens (including phenoxy) is 2. The lowest BCUT2D eigenvalue weighted by molar-refractivity contribution is 0.0603. The molecule has 2 heterocycles. The van der Waals surface area contributed by atoms with Crippen LogP contribution in [0.2, 0.25) is 0 Å². The van der Waals surface area contributed by atoms with E-state index in [0.29, 0.717) is 11.4 Å². The Morgan fingerprint density at radius 2 is 1.62 bits per heavy atom. The second-order valence-corrected chi connectivity index (χ2v) is 13.8. The smallest absolute Gasteiger partial charge is 0.442 e. The van der Waals surface area contributed by atoms with Crippen molar-refractivity contribution in [2.75, 3.05) is 16.9 Å². The van der Waals surface area contributed by atoms with Gasteiger partial charge in [0.1, 0.15) is 16.9 Å². The van der Waals surface area contributed by atoms with Gasteiger partial charge in [0.2, 0.25) is 0 Å². The fourth-order valence-corrected chi connectivity index (χ4v) is 4.89. The van der Waals surface area contributed by atoms with Crippen molar-refractivity contribution >= 4 is 50.5 Å². The number of thiophene rings is 1. The van der Waals surface area contributed by atoms with Crippen LogP contribution in [0.4, 0.5) is 21.0 Å². The average molecular weight is 573 g/mol. The van der Waals surface area contributed by atoms with E-state index in [0.717, 1.165) is 10.4 Å². The zero-order valence-corrected chi connectivity index (χ0v) is 24.5. The van der Waals surface area contributed by atoms with Crippen molar-refractivity contribution in [2.24, 2.45) is 4.36 Å². The van der Waals surface area contributed by atoms with E-state index in [2.05, 4.69) is 20.0 Å². The van der Waals surface area contributed by atoms with Gasteiger partial charge in [0.05, 0.1) is 26.0 Å². The van der Waals surface area contributed by atoms with Crippen LogP contribution < -0.4 is 10.6 Å². The molecule has 10 nitrogen and oxygen atoms in total. The fraction of sp³-hybridized carbons (Fsp3) is 0.333. The van der Waals surface area contributed by atoms with E-state index < -0.39 is 39.0 Å². The van der Waals surface area contributed by atoms with Gasteiger partial charge in [-0.05, 0) is 82.8 Å². The Balaban J connectivity index is 1.86. The van der Waals surface area contributed by atoms with Crippen molar-refractivity contribution in [1.29, 1.82) is 0 Å². The number of aromatic nitrogens is 1. The van der Waals surface area contributed by atoms with Crippen molar-refractivity contribution in [3.63, 3.8) is 0 Å². The summed E-state index contributed by atoms with van der Waals surface area (Å²) in [6.07, 6.45) is 0.897. The Hall–Kier alpha value is -3.77. The molecule has 0 radical (unpaired) electrons. The van der Waals surface area contributed by atoms with Crippen LogP contribution in [0.5, 0.6) is 0 Å². The first-order valence-corrected chi connectivity index (χ1v) is 14.7. The van der Waals surface area contributed by atoms with Crippen LogP contribution in [-0.2, 0) is 19.2 Å². The molecule has 12 heteroatoms. The van der Waals surface area contributed by atoms with E-state index in [-0.39, 0.29) is 10.6 Å². The molecular weight excluding hydrogens is 540 g/mol. The predicted molar refractivity (Wildman–Crippen MR) is 153 cm³/mol. The number of nitrogens with one attached hydrogen (secondary N) is 2. The van der Waals surface area contributed by atoms with Crippen LogP contribution in [0.3, 0.4) is 0 Å². The minimum atomic E-state index is -3.15. The first-order valence-electron chi connectivity index (χ1n) is 11.9. The minimum absolute atomic E-state index is 0.0240. The number of hydrogen-bond donors (Lipinski definition) is 2. The quantitative estimate of drug-likeness (QED) is 0.343. The Kier molecular flexibility index (Phi) is 8.81. The summed E-state index contributed by atoms with van der Waals surface area (Å²) in [6.45, 7) is 10.3. The molecule has 0 aliphatic rings. The van der Waals surface area contributed by atoms with Crippen LogP contribution >= 0.6 is 11.3 Å². The molecule has 0 spiro atoms. The number of pyridine rings is 1. The first-order chi connectivity index (χ1) is 18.0. The van der Waals surface area contributed by atoms with E-state index in [9.17, 15) is 18.6 Å². The Labute approximate surface area is 232 Å². The second kappa shape index (κ2) is 11.5. The van der Waals surface area contributed by atoms with Crippen LogP contribution in [-0.4, -0.2) is 44.7 Å².